The fourth-order valence-electron chi connectivity index (χ4n) is 0.707. The van der Waals surface area contributed by atoms with Crippen LogP contribution in [-0.4, -0.2) is 35.7 Å². The van der Waals surface area contributed by atoms with E-state index in [0.717, 1.165) is 0 Å². The van der Waals surface area contributed by atoms with Crippen LogP contribution in [0.25, 0.3) is 0 Å². The molecule has 0 radical (unpaired) electrons. The van der Waals surface area contributed by atoms with Crippen LogP contribution in [0.4, 0.5) is 0 Å². The second kappa shape index (κ2) is 10.9. The van der Waals surface area contributed by atoms with Crippen molar-refractivity contribution < 1.29 is 18.2 Å². The van der Waals surface area contributed by atoms with Gasteiger partial charge >= 0.3 is 0 Å². The molecule has 12 heteroatoms. The molecule has 0 fully saturated rings. The lowest BCUT2D eigenvalue weighted by Gasteiger charge is -2.15. The summed E-state index contributed by atoms with van der Waals surface area (Å²) in [6.07, 6.45) is 0. The Morgan fingerprint density at radius 2 is 1.00 bits per heavy atom. The zero-order valence-electron chi connectivity index (χ0n) is 10.0. The average Bonchev–Trinajstić information content (AvgIpc) is 2.49. The summed E-state index contributed by atoms with van der Waals surface area (Å²) in [5, 5.41) is 0. The third-order valence-corrected chi connectivity index (χ3v) is 10.8. The van der Waals surface area contributed by atoms with Crippen LogP contribution in [0.15, 0.2) is 8.96 Å². The molecule has 0 rings (SSSR count). The predicted octanol–water partition coefficient (Wildman–Crippen LogP) is 6.36. The van der Waals surface area contributed by atoms with E-state index in [9.17, 15) is 9.13 Å². The van der Waals surface area contributed by atoms with Gasteiger partial charge in [0.2, 0.25) is 14.7 Å². The highest BCUT2D eigenvalue weighted by atomic mass is 79.9. The van der Waals surface area contributed by atoms with Crippen LogP contribution in [0.1, 0.15) is 0 Å². The molecule has 0 heterocycles. The van der Waals surface area contributed by atoms with Crippen molar-refractivity contribution in [1.82, 2.24) is 0 Å². The first kappa shape index (κ1) is 22.2. The van der Waals surface area contributed by atoms with Crippen LogP contribution >= 0.6 is 93.0 Å². The predicted molar refractivity (Wildman–Crippen MR) is 94.9 cm³/mol. The van der Waals surface area contributed by atoms with Crippen LogP contribution in [-0.2, 0) is 18.2 Å². The van der Waals surface area contributed by atoms with Crippen LogP contribution in [0.3, 0.4) is 0 Å². The van der Waals surface area contributed by atoms with Crippen LogP contribution < -0.4 is 0 Å². The second-order valence-electron chi connectivity index (χ2n) is 3.46. The van der Waals surface area contributed by atoms with E-state index in [-0.39, 0.29) is 35.7 Å². The van der Waals surface area contributed by atoms with Crippen molar-refractivity contribution in [3.63, 3.8) is 0 Å². The summed E-state index contributed by atoms with van der Waals surface area (Å²) < 4.78 is 35.1. The fraction of sp³-hybridized carbons (Fsp3) is 0.750. The number of hydrogen-bond donors (Lipinski definition) is 0. The normalized spacial score (nSPS) is 14.3. The summed E-state index contributed by atoms with van der Waals surface area (Å²) in [6.45, 7) is -0.0145. The Morgan fingerprint density at radius 1 is 0.750 bits per heavy atom. The minimum atomic E-state index is -3.03. The van der Waals surface area contributed by atoms with Crippen molar-refractivity contribution >= 4 is 93.0 Å². The van der Waals surface area contributed by atoms with Crippen molar-refractivity contribution in [3.05, 3.63) is 8.96 Å². The Balaban J connectivity index is 4.54. The molecule has 0 bridgehead atoms. The highest BCUT2D eigenvalue weighted by Crippen LogP contribution is 2.50. The zero-order valence-corrected chi connectivity index (χ0v) is 18.0. The Morgan fingerprint density at radius 3 is 1.20 bits per heavy atom. The molecule has 0 unspecified atom stereocenters. The van der Waals surface area contributed by atoms with Gasteiger partial charge < -0.3 is 9.05 Å². The molecule has 0 atom stereocenters. The molecular formula is C8H12Br2Cl4O4P2. The Hall–Kier alpha value is 2.24. The van der Waals surface area contributed by atoms with Crippen LogP contribution in [0, 0.1) is 0 Å². The lowest BCUT2D eigenvalue weighted by Crippen LogP contribution is -2.01. The maximum Gasteiger partial charge on any atom is 0.232 e. The van der Waals surface area contributed by atoms with Crippen molar-refractivity contribution in [2.24, 2.45) is 0 Å². The van der Waals surface area contributed by atoms with E-state index < -0.39 is 14.7 Å². The zero-order chi connectivity index (χ0) is 15.8. The van der Waals surface area contributed by atoms with E-state index in [1.54, 1.807) is 0 Å². The molecule has 0 aliphatic heterocycles. The molecule has 0 amide bonds. The first-order valence-corrected chi connectivity index (χ1v) is 12.7. The summed E-state index contributed by atoms with van der Waals surface area (Å²) in [5.41, 5.74) is -0.672. The van der Waals surface area contributed by atoms with Gasteiger partial charge in [0, 0.05) is 8.96 Å². The summed E-state index contributed by atoms with van der Waals surface area (Å²) in [7, 11) is -6.06. The van der Waals surface area contributed by atoms with Crippen molar-refractivity contribution in [2.45, 2.75) is 0 Å². The van der Waals surface area contributed by atoms with Gasteiger partial charge in [-0.1, -0.05) is 31.9 Å². The lowest BCUT2D eigenvalue weighted by molar-refractivity contribution is 0.344. The topological polar surface area (TPSA) is 52.6 Å². The van der Waals surface area contributed by atoms with E-state index in [1.807, 2.05) is 0 Å². The van der Waals surface area contributed by atoms with Crippen molar-refractivity contribution in [1.29, 1.82) is 0 Å². The van der Waals surface area contributed by atoms with Gasteiger partial charge in [-0.2, -0.15) is 0 Å². The molecule has 0 aliphatic rings. The summed E-state index contributed by atoms with van der Waals surface area (Å²) in [6, 6.07) is 0. The SMILES string of the molecule is O=P(CCl)(CCl)OCC(Br)=C(Br)COP(=O)(CCl)CCl. The molecule has 120 valence electrons. The number of alkyl halides is 4. The first-order valence-electron chi connectivity index (χ1n) is 4.98. The molecule has 0 aliphatic carbocycles. The molecular weight excluding hydrogens is 524 g/mol. The molecule has 4 nitrogen and oxygen atoms in total. The highest BCUT2D eigenvalue weighted by molar-refractivity contribution is 9.14. The van der Waals surface area contributed by atoms with Crippen LogP contribution in [0.2, 0.25) is 0 Å². The molecule has 0 aromatic rings. The molecule has 0 spiro atoms. The minimum Gasteiger partial charge on any atom is -0.321 e. The third-order valence-electron chi connectivity index (χ3n) is 1.88. The van der Waals surface area contributed by atoms with Gasteiger partial charge in [0.1, 0.15) is 22.5 Å². The van der Waals surface area contributed by atoms with E-state index in [2.05, 4.69) is 31.9 Å². The van der Waals surface area contributed by atoms with Crippen molar-refractivity contribution in [3.8, 4) is 0 Å². The average molecular weight is 536 g/mol. The van der Waals surface area contributed by atoms with Gasteiger partial charge in [-0.05, 0) is 0 Å². The van der Waals surface area contributed by atoms with Crippen molar-refractivity contribution in [2.75, 3.05) is 35.7 Å². The molecule has 0 aromatic heterocycles. The summed E-state index contributed by atoms with van der Waals surface area (Å²) in [4.78, 5) is 0. The van der Waals surface area contributed by atoms with E-state index in [1.165, 1.54) is 0 Å². The largest absolute Gasteiger partial charge is 0.321 e. The molecule has 0 aromatic carbocycles. The monoisotopic (exact) mass is 532 g/mol. The van der Waals surface area contributed by atoms with Gasteiger partial charge in [0.15, 0.2) is 0 Å². The smallest absolute Gasteiger partial charge is 0.232 e. The molecule has 0 N–H and O–H groups in total. The van der Waals surface area contributed by atoms with Gasteiger partial charge in [-0.3, -0.25) is 9.13 Å². The minimum absolute atomic E-state index is 0.00723. The van der Waals surface area contributed by atoms with E-state index in [4.69, 9.17) is 55.5 Å². The van der Waals surface area contributed by atoms with Gasteiger partial charge in [-0.25, -0.2) is 0 Å². The number of halogens is 6. The maximum absolute atomic E-state index is 11.8. The lowest BCUT2D eigenvalue weighted by atomic mass is 10.5. The fourth-order valence-corrected chi connectivity index (χ4v) is 5.01. The Bertz CT molecular complexity index is 381. The number of rotatable bonds is 10. The number of hydrogen-bond acceptors (Lipinski definition) is 4. The van der Waals surface area contributed by atoms with Gasteiger partial charge in [0.25, 0.3) is 0 Å². The first-order chi connectivity index (χ1) is 9.25. The summed E-state index contributed by atoms with van der Waals surface area (Å²) in [5.74, 6) is 0. The molecule has 0 saturated heterocycles. The Kier molecular flexibility index (Phi) is 12.1. The van der Waals surface area contributed by atoms with Crippen LogP contribution in [0.5, 0.6) is 0 Å². The Labute approximate surface area is 155 Å². The standard InChI is InChI=1S/C8H12Br2Cl4O4P2/c9-7(1-17-19(15,3-11)4-12)8(10)2-18-20(16,5-13)6-14/h1-6H2. The third kappa shape index (κ3) is 8.19. The van der Waals surface area contributed by atoms with Gasteiger partial charge in [-0.15, -0.1) is 46.4 Å². The second-order valence-corrected chi connectivity index (χ2v) is 13.0. The maximum atomic E-state index is 11.8. The van der Waals surface area contributed by atoms with E-state index >= 15 is 0 Å². The molecule has 20 heavy (non-hydrogen) atoms. The quantitative estimate of drug-likeness (QED) is 0.241. The van der Waals surface area contributed by atoms with E-state index in [0.29, 0.717) is 8.96 Å². The summed E-state index contributed by atoms with van der Waals surface area (Å²) >= 11 is 28.6. The highest BCUT2D eigenvalue weighted by Gasteiger charge is 2.23. The molecule has 0 saturated carbocycles. The van der Waals surface area contributed by atoms with Gasteiger partial charge in [0.05, 0.1) is 13.2 Å².